The molecule has 1 rings (SSSR count). The van der Waals surface area contributed by atoms with E-state index in [9.17, 15) is 0 Å². The molecule has 4 nitrogen and oxygen atoms in total. The third kappa shape index (κ3) is 2.82. The summed E-state index contributed by atoms with van der Waals surface area (Å²) >= 11 is 0. The third-order valence-electron chi connectivity index (χ3n) is 2.14. The number of hydrogen-bond donors (Lipinski definition) is 1. The number of aromatic nitrogens is 2. The smallest absolute Gasteiger partial charge is 0.0951 e. The van der Waals surface area contributed by atoms with Crippen LogP contribution in [0.15, 0.2) is 12.5 Å². The average molecular weight is 197 g/mol. The standard InChI is InChI=1S/C10H19N3O/c1-4-14-7-9(2)13-8-12-6-10(13)5-11-3/h6,8-9,11H,4-5,7H2,1-3H3. The number of nitrogens with zero attached hydrogens (tertiary/aromatic N) is 2. The van der Waals surface area contributed by atoms with Crippen LogP contribution in [-0.4, -0.2) is 29.8 Å². The Morgan fingerprint density at radius 3 is 3.07 bits per heavy atom. The van der Waals surface area contributed by atoms with Gasteiger partial charge in [-0.05, 0) is 20.9 Å². The van der Waals surface area contributed by atoms with Crippen molar-refractivity contribution >= 4 is 0 Å². The molecule has 1 unspecified atom stereocenters. The molecule has 0 saturated carbocycles. The van der Waals surface area contributed by atoms with Gasteiger partial charge in [0.1, 0.15) is 0 Å². The fourth-order valence-electron chi connectivity index (χ4n) is 1.42. The molecule has 0 saturated heterocycles. The maximum absolute atomic E-state index is 5.38. The van der Waals surface area contributed by atoms with Gasteiger partial charge in [0.15, 0.2) is 0 Å². The van der Waals surface area contributed by atoms with Gasteiger partial charge in [-0.1, -0.05) is 0 Å². The van der Waals surface area contributed by atoms with Crippen LogP contribution in [0.3, 0.4) is 0 Å². The Bertz CT molecular complexity index is 260. The number of ether oxygens (including phenoxy) is 1. The van der Waals surface area contributed by atoms with Crippen LogP contribution < -0.4 is 5.32 Å². The van der Waals surface area contributed by atoms with Crippen molar-refractivity contribution in [2.45, 2.75) is 26.4 Å². The Morgan fingerprint density at radius 1 is 1.64 bits per heavy atom. The zero-order valence-corrected chi connectivity index (χ0v) is 9.16. The van der Waals surface area contributed by atoms with Gasteiger partial charge in [-0.3, -0.25) is 0 Å². The molecule has 1 aromatic rings. The molecule has 0 bridgehead atoms. The minimum atomic E-state index is 0.348. The first kappa shape index (κ1) is 11.2. The predicted molar refractivity (Wildman–Crippen MR) is 56.2 cm³/mol. The SMILES string of the molecule is CCOCC(C)n1cncc1CNC. The Labute approximate surface area is 85.3 Å². The molecule has 1 heterocycles. The van der Waals surface area contributed by atoms with E-state index in [-0.39, 0.29) is 0 Å². The van der Waals surface area contributed by atoms with Crippen molar-refractivity contribution < 1.29 is 4.74 Å². The second-order valence-electron chi connectivity index (χ2n) is 3.33. The number of rotatable bonds is 6. The Kier molecular flexibility index (Phi) is 4.62. The summed E-state index contributed by atoms with van der Waals surface area (Å²) < 4.78 is 7.53. The summed E-state index contributed by atoms with van der Waals surface area (Å²) in [6, 6.07) is 0.348. The lowest BCUT2D eigenvalue weighted by Gasteiger charge is -2.16. The second-order valence-corrected chi connectivity index (χ2v) is 3.33. The summed E-state index contributed by atoms with van der Waals surface area (Å²) in [4.78, 5) is 4.14. The normalized spacial score (nSPS) is 13.1. The van der Waals surface area contributed by atoms with E-state index in [2.05, 4.69) is 21.8 Å². The molecule has 0 spiro atoms. The lowest BCUT2D eigenvalue weighted by molar-refractivity contribution is 0.118. The van der Waals surface area contributed by atoms with Gasteiger partial charge in [-0.15, -0.1) is 0 Å². The molecule has 1 N–H and O–H groups in total. The number of hydrogen-bond acceptors (Lipinski definition) is 3. The van der Waals surface area contributed by atoms with E-state index >= 15 is 0 Å². The van der Waals surface area contributed by atoms with E-state index in [1.807, 2.05) is 26.5 Å². The van der Waals surface area contributed by atoms with Crippen LogP contribution in [0, 0.1) is 0 Å². The van der Waals surface area contributed by atoms with Crippen LogP contribution in [0.25, 0.3) is 0 Å². The first-order chi connectivity index (χ1) is 6.79. The van der Waals surface area contributed by atoms with Gasteiger partial charge in [0, 0.05) is 19.3 Å². The first-order valence-corrected chi connectivity index (χ1v) is 5.02. The van der Waals surface area contributed by atoms with Gasteiger partial charge in [0.05, 0.1) is 24.7 Å². The van der Waals surface area contributed by atoms with Crippen LogP contribution in [0.1, 0.15) is 25.6 Å². The van der Waals surface area contributed by atoms with Gasteiger partial charge in [-0.25, -0.2) is 4.98 Å². The highest BCUT2D eigenvalue weighted by atomic mass is 16.5. The first-order valence-electron chi connectivity index (χ1n) is 5.02. The Morgan fingerprint density at radius 2 is 2.43 bits per heavy atom. The van der Waals surface area contributed by atoms with Gasteiger partial charge in [-0.2, -0.15) is 0 Å². The number of imidazole rings is 1. The molecule has 80 valence electrons. The largest absolute Gasteiger partial charge is 0.380 e. The van der Waals surface area contributed by atoms with E-state index in [1.54, 1.807) is 0 Å². The highest BCUT2D eigenvalue weighted by Crippen LogP contribution is 2.09. The molecule has 0 fully saturated rings. The third-order valence-corrected chi connectivity index (χ3v) is 2.14. The summed E-state index contributed by atoms with van der Waals surface area (Å²) in [5, 5.41) is 3.12. The van der Waals surface area contributed by atoms with E-state index in [1.165, 1.54) is 5.69 Å². The van der Waals surface area contributed by atoms with Crippen molar-refractivity contribution in [1.29, 1.82) is 0 Å². The van der Waals surface area contributed by atoms with Crippen LogP contribution in [0.4, 0.5) is 0 Å². The highest BCUT2D eigenvalue weighted by molar-refractivity contribution is 4.99. The fraction of sp³-hybridized carbons (Fsp3) is 0.700. The minimum Gasteiger partial charge on any atom is -0.380 e. The predicted octanol–water partition coefficient (Wildman–Crippen LogP) is 1.20. The molecule has 0 aliphatic rings. The summed E-state index contributed by atoms with van der Waals surface area (Å²) in [6.45, 7) is 6.49. The van der Waals surface area contributed by atoms with E-state index in [0.717, 1.165) is 19.8 Å². The van der Waals surface area contributed by atoms with Crippen LogP contribution in [0.2, 0.25) is 0 Å². The van der Waals surface area contributed by atoms with Crippen molar-refractivity contribution in [2.75, 3.05) is 20.3 Å². The zero-order chi connectivity index (χ0) is 10.4. The van der Waals surface area contributed by atoms with Crippen molar-refractivity contribution in [1.82, 2.24) is 14.9 Å². The Balaban J connectivity index is 2.58. The molecule has 0 radical (unpaired) electrons. The maximum atomic E-state index is 5.38. The molecular weight excluding hydrogens is 178 g/mol. The second kappa shape index (κ2) is 5.78. The molecule has 0 aromatic carbocycles. The van der Waals surface area contributed by atoms with E-state index in [0.29, 0.717) is 6.04 Å². The van der Waals surface area contributed by atoms with Crippen LogP contribution >= 0.6 is 0 Å². The molecule has 1 atom stereocenters. The van der Waals surface area contributed by atoms with Crippen LogP contribution in [0.5, 0.6) is 0 Å². The van der Waals surface area contributed by atoms with Crippen molar-refractivity contribution in [2.24, 2.45) is 0 Å². The van der Waals surface area contributed by atoms with Crippen molar-refractivity contribution in [3.05, 3.63) is 18.2 Å². The maximum Gasteiger partial charge on any atom is 0.0951 e. The van der Waals surface area contributed by atoms with Gasteiger partial charge in [0.25, 0.3) is 0 Å². The Hall–Kier alpha value is -0.870. The quantitative estimate of drug-likeness (QED) is 0.744. The lowest BCUT2D eigenvalue weighted by atomic mass is 10.3. The monoisotopic (exact) mass is 197 g/mol. The van der Waals surface area contributed by atoms with Gasteiger partial charge < -0.3 is 14.6 Å². The molecule has 4 heteroatoms. The molecule has 0 amide bonds. The minimum absolute atomic E-state index is 0.348. The molecule has 0 aliphatic heterocycles. The van der Waals surface area contributed by atoms with Crippen molar-refractivity contribution in [3.63, 3.8) is 0 Å². The lowest BCUT2D eigenvalue weighted by Crippen LogP contribution is -2.17. The number of nitrogens with one attached hydrogen (secondary N) is 1. The highest BCUT2D eigenvalue weighted by Gasteiger charge is 2.08. The average Bonchev–Trinajstić information content (AvgIpc) is 2.63. The zero-order valence-electron chi connectivity index (χ0n) is 9.16. The van der Waals surface area contributed by atoms with Crippen LogP contribution in [-0.2, 0) is 11.3 Å². The summed E-state index contributed by atoms with van der Waals surface area (Å²) in [5.74, 6) is 0. The van der Waals surface area contributed by atoms with Crippen molar-refractivity contribution in [3.8, 4) is 0 Å². The summed E-state index contributed by atoms with van der Waals surface area (Å²) in [7, 11) is 1.94. The molecule has 0 aliphatic carbocycles. The molecular formula is C10H19N3O. The fourth-order valence-corrected chi connectivity index (χ4v) is 1.42. The van der Waals surface area contributed by atoms with Gasteiger partial charge >= 0.3 is 0 Å². The summed E-state index contributed by atoms with van der Waals surface area (Å²) in [6.07, 6.45) is 3.75. The molecule has 1 aromatic heterocycles. The van der Waals surface area contributed by atoms with E-state index < -0.39 is 0 Å². The van der Waals surface area contributed by atoms with Gasteiger partial charge in [0.2, 0.25) is 0 Å². The summed E-state index contributed by atoms with van der Waals surface area (Å²) in [5.41, 5.74) is 1.19. The molecule has 14 heavy (non-hydrogen) atoms. The van der Waals surface area contributed by atoms with E-state index in [4.69, 9.17) is 4.74 Å². The topological polar surface area (TPSA) is 39.1 Å².